The Morgan fingerprint density at radius 2 is 1.77 bits per heavy atom. The highest BCUT2D eigenvalue weighted by atomic mass is 35.5. The smallest absolute Gasteiger partial charge is 0.251 e. The van der Waals surface area contributed by atoms with Gasteiger partial charge in [-0.1, -0.05) is 44.2 Å². The molecule has 35 heavy (non-hydrogen) atoms. The van der Waals surface area contributed by atoms with E-state index >= 15 is 0 Å². The van der Waals surface area contributed by atoms with Crippen LogP contribution >= 0.6 is 12.4 Å². The summed E-state index contributed by atoms with van der Waals surface area (Å²) in [6.07, 6.45) is 3.86. The first-order valence-electron chi connectivity index (χ1n) is 12.6. The van der Waals surface area contributed by atoms with Crippen LogP contribution in [0.5, 0.6) is 5.75 Å². The van der Waals surface area contributed by atoms with Gasteiger partial charge in [0.15, 0.2) is 0 Å². The summed E-state index contributed by atoms with van der Waals surface area (Å²) in [7, 11) is 1.71. The number of piperazine rings is 1. The summed E-state index contributed by atoms with van der Waals surface area (Å²) in [5.41, 5.74) is 3.09. The van der Waals surface area contributed by atoms with Gasteiger partial charge in [-0.2, -0.15) is 0 Å². The van der Waals surface area contributed by atoms with Crippen LogP contribution in [-0.4, -0.2) is 60.6 Å². The second-order valence-corrected chi connectivity index (χ2v) is 9.43. The van der Waals surface area contributed by atoms with Crippen LogP contribution in [0.25, 0.3) is 0 Å². The van der Waals surface area contributed by atoms with E-state index in [0.717, 1.165) is 38.2 Å². The zero-order valence-electron chi connectivity index (χ0n) is 21.9. The molecule has 3 rings (SSSR count). The molecule has 0 saturated carbocycles. The largest absolute Gasteiger partial charge is 0.497 e. The molecule has 2 aromatic carbocycles. The first-order valence-corrected chi connectivity index (χ1v) is 12.6. The lowest BCUT2D eigenvalue weighted by atomic mass is 9.92. The minimum Gasteiger partial charge on any atom is -0.497 e. The zero-order chi connectivity index (χ0) is 24.7. The standard InChI is InChI=1S/C29H41N3O2.ClH/c1-7-17-31-19-22(5)32(20-21(31)4)28(25-11-10-12-27(18-25)34-6)23-13-15-24(16-14-23)29(33)30-26(8-2)9-3;/h7,10-16,18,21-22,26,28H,1,8-9,17,19-20H2,2-6H3,(H,30,33);1H/t21-,22+,28-;/m1./s1. The third-order valence-corrected chi connectivity index (χ3v) is 7.08. The Hall–Kier alpha value is -2.34. The van der Waals surface area contributed by atoms with Gasteiger partial charge >= 0.3 is 0 Å². The van der Waals surface area contributed by atoms with Crippen LogP contribution in [0.4, 0.5) is 0 Å². The molecule has 0 radical (unpaired) electrons. The fraction of sp³-hybridized carbons (Fsp3) is 0.483. The molecule has 1 aliphatic rings. The number of carbonyl (C=O) groups excluding carboxylic acids is 1. The monoisotopic (exact) mass is 499 g/mol. The minimum absolute atomic E-state index is 0. The molecule has 1 saturated heterocycles. The minimum atomic E-state index is -0.00166. The third-order valence-electron chi connectivity index (χ3n) is 7.08. The number of hydrogen-bond donors (Lipinski definition) is 1. The topological polar surface area (TPSA) is 44.8 Å². The Labute approximate surface area is 217 Å². The van der Waals surface area contributed by atoms with Crippen molar-refractivity contribution >= 4 is 18.3 Å². The summed E-state index contributed by atoms with van der Waals surface area (Å²) in [6.45, 7) is 15.6. The van der Waals surface area contributed by atoms with Crippen molar-refractivity contribution in [1.29, 1.82) is 0 Å². The molecule has 6 heteroatoms. The van der Waals surface area contributed by atoms with Gasteiger partial charge in [0.05, 0.1) is 13.2 Å². The SMILES string of the molecule is C=CCN1C[C@H](C)N([C@H](c2ccc(C(=O)NC(CC)CC)cc2)c2cccc(OC)c2)C[C@H]1C.Cl. The number of benzene rings is 2. The van der Waals surface area contributed by atoms with Crippen molar-refractivity contribution < 1.29 is 9.53 Å². The van der Waals surface area contributed by atoms with E-state index < -0.39 is 0 Å². The van der Waals surface area contributed by atoms with Gasteiger partial charge in [0.1, 0.15) is 5.75 Å². The molecule has 5 nitrogen and oxygen atoms in total. The fourth-order valence-corrected chi connectivity index (χ4v) is 4.97. The third kappa shape index (κ3) is 7.09. The lowest BCUT2D eigenvalue weighted by molar-refractivity contribution is 0.0306. The van der Waals surface area contributed by atoms with Crippen LogP contribution in [0, 0.1) is 0 Å². The maximum absolute atomic E-state index is 12.8. The van der Waals surface area contributed by atoms with Gasteiger partial charge in [-0.15, -0.1) is 19.0 Å². The number of halogens is 1. The van der Waals surface area contributed by atoms with Crippen LogP contribution in [0.2, 0.25) is 0 Å². The van der Waals surface area contributed by atoms with Crippen LogP contribution in [0.3, 0.4) is 0 Å². The summed E-state index contributed by atoms with van der Waals surface area (Å²) >= 11 is 0. The summed E-state index contributed by atoms with van der Waals surface area (Å²) in [6, 6.07) is 17.6. The molecule has 1 aliphatic heterocycles. The molecule has 0 unspecified atom stereocenters. The number of methoxy groups -OCH3 is 1. The maximum atomic E-state index is 12.8. The molecule has 0 aromatic heterocycles. The number of rotatable bonds is 10. The number of carbonyl (C=O) groups is 1. The van der Waals surface area contributed by atoms with Gasteiger partial charge in [0.2, 0.25) is 0 Å². The van der Waals surface area contributed by atoms with Crippen LogP contribution in [0.1, 0.15) is 68.1 Å². The second kappa shape index (κ2) is 13.7. The molecule has 2 aromatic rings. The predicted octanol–water partition coefficient (Wildman–Crippen LogP) is 5.71. The Balaban J connectivity index is 0.00000432. The summed E-state index contributed by atoms with van der Waals surface area (Å²) in [5, 5.41) is 3.14. The molecule has 0 aliphatic carbocycles. The van der Waals surface area contributed by atoms with Crippen molar-refractivity contribution in [2.45, 2.75) is 64.7 Å². The summed E-state index contributed by atoms with van der Waals surface area (Å²) < 4.78 is 5.54. The quantitative estimate of drug-likeness (QED) is 0.425. The molecule has 0 spiro atoms. The lowest BCUT2D eigenvalue weighted by Gasteiger charge is -2.47. The number of ether oxygens (including phenoxy) is 1. The van der Waals surface area contributed by atoms with Gasteiger partial charge in [-0.25, -0.2) is 0 Å². The second-order valence-electron chi connectivity index (χ2n) is 9.43. The molecule has 1 fully saturated rings. The number of nitrogens with zero attached hydrogens (tertiary/aromatic N) is 2. The normalized spacial score (nSPS) is 19.6. The first kappa shape index (κ1) is 28.9. The number of amides is 1. The lowest BCUT2D eigenvalue weighted by Crippen LogP contribution is -2.57. The number of nitrogens with one attached hydrogen (secondary N) is 1. The predicted molar refractivity (Wildman–Crippen MR) is 148 cm³/mol. The van der Waals surface area contributed by atoms with Crippen LogP contribution in [-0.2, 0) is 0 Å². The molecule has 1 N–H and O–H groups in total. The average Bonchev–Trinajstić information content (AvgIpc) is 2.86. The van der Waals surface area contributed by atoms with Gasteiger partial charge < -0.3 is 10.1 Å². The molecule has 3 atom stereocenters. The number of hydrogen-bond acceptors (Lipinski definition) is 4. The van der Waals surface area contributed by atoms with E-state index in [2.05, 4.69) is 79.7 Å². The maximum Gasteiger partial charge on any atom is 0.251 e. The van der Waals surface area contributed by atoms with E-state index in [1.165, 1.54) is 11.1 Å². The van der Waals surface area contributed by atoms with Crippen LogP contribution < -0.4 is 10.1 Å². The van der Waals surface area contributed by atoms with E-state index in [9.17, 15) is 4.79 Å². The van der Waals surface area contributed by atoms with Crippen molar-refractivity contribution in [3.8, 4) is 5.75 Å². The van der Waals surface area contributed by atoms with Gasteiger partial charge in [0.25, 0.3) is 5.91 Å². The average molecular weight is 500 g/mol. The Bertz CT molecular complexity index is 945. The van der Waals surface area contributed by atoms with E-state index in [0.29, 0.717) is 17.6 Å². The molecular weight excluding hydrogens is 458 g/mol. The highest BCUT2D eigenvalue weighted by Crippen LogP contribution is 2.34. The highest BCUT2D eigenvalue weighted by Gasteiger charge is 2.34. The molecule has 1 heterocycles. The van der Waals surface area contributed by atoms with Crippen molar-refractivity contribution in [3.63, 3.8) is 0 Å². The summed E-state index contributed by atoms with van der Waals surface area (Å²) in [4.78, 5) is 17.8. The molecular formula is C29H42ClN3O2. The van der Waals surface area contributed by atoms with Gasteiger partial charge in [-0.3, -0.25) is 14.6 Å². The molecule has 0 bridgehead atoms. The van der Waals surface area contributed by atoms with E-state index in [1.54, 1.807) is 7.11 Å². The van der Waals surface area contributed by atoms with Crippen molar-refractivity contribution in [3.05, 3.63) is 77.9 Å². The van der Waals surface area contributed by atoms with Gasteiger partial charge in [-0.05, 0) is 62.1 Å². The highest BCUT2D eigenvalue weighted by molar-refractivity contribution is 5.94. The van der Waals surface area contributed by atoms with Crippen molar-refractivity contribution in [2.24, 2.45) is 0 Å². The van der Waals surface area contributed by atoms with Crippen molar-refractivity contribution in [2.75, 3.05) is 26.7 Å². The van der Waals surface area contributed by atoms with E-state index in [-0.39, 0.29) is 30.4 Å². The first-order chi connectivity index (χ1) is 16.4. The Morgan fingerprint density at radius 1 is 1.09 bits per heavy atom. The van der Waals surface area contributed by atoms with E-state index in [1.807, 2.05) is 24.3 Å². The molecule has 192 valence electrons. The fourth-order valence-electron chi connectivity index (χ4n) is 4.97. The van der Waals surface area contributed by atoms with Crippen LogP contribution in [0.15, 0.2) is 61.2 Å². The Kier molecular flexibility index (Phi) is 11.3. The van der Waals surface area contributed by atoms with Crippen molar-refractivity contribution in [1.82, 2.24) is 15.1 Å². The Morgan fingerprint density at radius 3 is 2.37 bits per heavy atom. The zero-order valence-corrected chi connectivity index (χ0v) is 22.7. The summed E-state index contributed by atoms with van der Waals surface area (Å²) in [5.74, 6) is 0.855. The van der Waals surface area contributed by atoms with E-state index in [4.69, 9.17) is 4.74 Å². The van der Waals surface area contributed by atoms with Gasteiger partial charge in [0, 0.05) is 43.3 Å². The molecule has 1 amide bonds.